The first-order valence-corrected chi connectivity index (χ1v) is 7.86. The molecule has 1 rings (SSSR count). The molecule has 0 radical (unpaired) electrons. The molecule has 0 unspecified atom stereocenters. The first kappa shape index (κ1) is 21.2. The van der Waals surface area contributed by atoms with E-state index in [0.29, 0.717) is 0 Å². The highest BCUT2D eigenvalue weighted by molar-refractivity contribution is 14.0. The number of H-pyrrole nitrogens is 1. The van der Waals surface area contributed by atoms with Gasteiger partial charge in [0.2, 0.25) is 0 Å². The highest BCUT2D eigenvalue weighted by Crippen LogP contribution is 2.05. The number of halogens is 1. The minimum Gasteiger partial charge on any atom is -0.382 e. The third kappa shape index (κ3) is 9.24. The number of ether oxygens (including phenoxy) is 1. The van der Waals surface area contributed by atoms with Crippen molar-refractivity contribution < 1.29 is 4.74 Å². The minimum atomic E-state index is 0. The molecule has 128 valence electrons. The van der Waals surface area contributed by atoms with Gasteiger partial charge < -0.3 is 15.4 Å². The van der Waals surface area contributed by atoms with Gasteiger partial charge in [-0.25, -0.2) is 0 Å². The number of guanidine groups is 1. The van der Waals surface area contributed by atoms with Crippen LogP contribution in [0.2, 0.25) is 0 Å². The predicted octanol–water partition coefficient (Wildman–Crippen LogP) is 2.25. The predicted molar refractivity (Wildman–Crippen MR) is 102 cm³/mol. The van der Waals surface area contributed by atoms with Gasteiger partial charge in [0.25, 0.3) is 0 Å². The van der Waals surface area contributed by atoms with E-state index in [0.717, 1.165) is 63.8 Å². The molecule has 0 amide bonds. The molecule has 0 aliphatic heterocycles. The first-order chi connectivity index (χ1) is 10.3. The Kier molecular flexibility index (Phi) is 13.3. The van der Waals surface area contributed by atoms with Crippen LogP contribution in [0.5, 0.6) is 0 Å². The summed E-state index contributed by atoms with van der Waals surface area (Å²) in [5, 5.41) is 13.6. The van der Waals surface area contributed by atoms with Crippen molar-refractivity contribution in [1.29, 1.82) is 0 Å². The molecule has 0 aliphatic rings. The van der Waals surface area contributed by atoms with Gasteiger partial charge in [-0.2, -0.15) is 5.10 Å². The van der Waals surface area contributed by atoms with Crippen LogP contribution in [-0.4, -0.2) is 49.0 Å². The Balaban J connectivity index is 0.00000441. The van der Waals surface area contributed by atoms with Gasteiger partial charge in [-0.1, -0.05) is 0 Å². The number of rotatable bonds is 10. The van der Waals surface area contributed by atoms with Crippen molar-refractivity contribution in [2.75, 3.05) is 32.8 Å². The van der Waals surface area contributed by atoms with Crippen molar-refractivity contribution in [2.24, 2.45) is 4.99 Å². The topological polar surface area (TPSA) is 74.3 Å². The molecule has 7 heteroatoms. The lowest BCUT2D eigenvalue weighted by molar-refractivity contribution is 0.145. The van der Waals surface area contributed by atoms with Crippen LogP contribution in [-0.2, 0) is 11.2 Å². The molecule has 0 atom stereocenters. The van der Waals surface area contributed by atoms with E-state index in [1.54, 1.807) is 0 Å². The van der Waals surface area contributed by atoms with Crippen molar-refractivity contribution >= 4 is 29.9 Å². The molecule has 0 aromatic carbocycles. The molecule has 1 aromatic rings. The van der Waals surface area contributed by atoms with Crippen LogP contribution in [0.25, 0.3) is 0 Å². The number of aromatic nitrogens is 2. The molecule has 0 saturated carbocycles. The van der Waals surface area contributed by atoms with E-state index in [1.165, 1.54) is 5.56 Å². The monoisotopic (exact) mass is 423 g/mol. The molecule has 1 heterocycles. The second-order valence-electron chi connectivity index (χ2n) is 4.86. The lowest BCUT2D eigenvalue weighted by Gasteiger charge is -2.11. The van der Waals surface area contributed by atoms with Crippen molar-refractivity contribution in [1.82, 2.24) is 20.8 Å². The van der Waals surface area contributed by atoms with Crippen molar-refractivity contribution in [3.63, 3.8) is 0 Å². The summed E-state index contributed by atoms with van der Waals surface area (Å²) in [7, 11) is 0. The molecule has 0 saturated heterocycles. The number of hydrogen-bond donors (Lipinski definition) is 3. The van der Waals surface area contributed by atoms with Gasteiger partial charge >= 0.3 is 0 Å². The Morgan fingerprint density at radius 3 is 2.77 bits per heavy atom. The maximum absolute atomic E-state index is 5.32. The highest BCUT2D eigenvalue weighted by Gasteiger charge is 2.00. The van der Waals surface area contributed by atoms with Gasteiger partial charge in [0.1, 0.15) is 0 Å². The number of aryl methyl sites for hydroxylation is 2. The summed E-state index contributed by atoms with van der Waals surface area (Å²) in [6.45, 7) is 10.3. The van der Waals surface area contributed by atoms with Gasteiger partial charge in [0, 0.05) is 38.5 Å². The Labute approximate surface area is 150 Å². The lowest BCUT2D eigenvalue weighted by atomic mass is 10.1. The zero-order chi connectivity index (χ0) is 15.3. The lowest BCUT2D eigenvalue weighted by Crippen LogP contribution is -2.38. The number of aromatic amines is 1. The summed E-state index contributed by atoms with van der Waals surface area (Å²) in [6, 6.07) is 0. The van der Waals surface area contributed by atoms with Crippen LogP contribution in [0, 0.1) is 6.92 Å². The van der Waals surface area contributed by atoms with E-state index >= 15 is 0 Å². The van der Waals surface area contributed by atoms with Crippen molar-refractivity contribution in [3.05, 3.63) is 17.5 Å². The summed E-state index contributed by atoms with van der Waals surface area (Å²) in [4.78, 5) is 4.58. The van der Waals surface area contributed by atoms with Crippen LogP contribution in [0.15, 0.2) is 11.2 Å². The SMILES string of the molecule is CCNC(=NCCCc1cn[nH]c1C)NCCCOCC.I. The van der Waals surface area contributed by atoms with Crippen LogP contribution in [0.3, 0.4) is 0 Å². The number of hydrogen-bond acceptors (Lipinski definition) is 3. The fourth-order valence-corrected chi connectivity index (χ4v) is 1.96. The van der Waals surface area contributed by atoms with Gasteiger partial charge in [-0.15, -0.1) is 24.0 Å². The molecule has 0 bridgehead atoms. The summed E-state index contributed by atoms with van der Waals surface area (Å²) in [5.41, 5.74) is 2.43. The Morgan fingerprint density at radius 1 is 1.32 bits per heavy atom. The zero-order valence-corrected chi connectivity index (χ0v) is 16.3. The van der Waals surface area contributed by atoms with E-state index in [9.17, 15) is 0 Å². The van der Waals surface area contributed by atoms with Crippen LogP contribution in [0.4, 0.5) is 0 Å². The molecule has 0 spiro atoms. The van der Waals surface area contributed by atoms with E-state index in [4.69, 9.17) is 4.74 Å². The van der Waals surface area contributed by atoms with Crippen LogP contribution < -0.4 is 10.6 Å². The highest BCUT2D eigenvalue weighted by atomic mass is 127. The average Bonchev–Trinajstić information content (AvgIpc) is 2.88. The van der Waals surface area contributed by atoms with Gasteiger partial charge in [0.05, 0.1) is 6.20 Å². The molecule has 1 aromatic heterocycles. The van der Waals surface area contributed by atoms with Crippen molar-refractivity contribution in [3.8, 4) is 0 Å². The fraction of sp³-hybridized carbons (Fsp3) is 0.733. The summed E-state index contributed by atoms with van der Waals surface area (Å²) in [6.07, 6.45) is 4.92. The summed E-state index contributed by atoms with van der Waals surface area (Å²) < 4.78 is 5.32. The maximum atomic E-state index is 5.32. The standard InChI is InChI=1S/C15H29N5O.HI/c1-4-16-15(18-10-7-11-21-5-2)17-9-6-8-14-12-19-20-13(14)3;/h12H,4-11H2,1-3H3,(H,19,20)(H2,16,17,18);1H. The van der Waals surface area contributed by atoms with E-state index in [1.807, 2.05) is 13.1 Å². The number of aliphatic imine (C=N–C) groups is 1. The molecular formula is C15H30IN5O. The number of nitrogens with one attached hydrogen (secondary N) is 3. The largest absolute Gasteiger partial charge is 0.382 e. The summed E-state index contributed by atoms with van der Waals surface area (Å²) in [5.74, 6) is 0.887. The van der Waals surface area contributed by atoms with E-state index < -0.39 is 0 Å². The molecule has 3 N–H and O–H groups in total. The van der Waals surface area contributed by atoms with Crippen LogP contribution in [0.1, 0.15) is 37.9 Å². The Hall–Kier alpha value is -0.830. The van der Waals surface area contributed by atoms with E-state index in [2.05, 4.69) is 39.7 Å². The average molecular weight is 423 g/mol. The van der Waals surface area contributed by atoms with Gasteiger partial charge in [-0.3, -0.25) is 10.1 Å². The third-order valence-electron chi connectivity index (χ3n) is 3.11. The van der Waals surface area contributed by atoms with Gasteiger partial charge in [0.15, 0.2) is 5.96 Å². The fourth-order valence-electron chi connectivity index (χ4n) is 1.96. The number of nitrogens with zero attached hydrogens (tertiary/aromatic N) is 2. The van der Waals surface area contributed by atoms with Crippen LogP contribution >= 0.6 is 24.0 Å². The normalized spacial score (nSPS) is 11.1. The molecule has 6 nitrogen and oxygen atoms in total. The smallest absolute Gasteiger partial charge is 0.191 e. The zero-order valence-electron chi connectivity index (χ0n) is 13.9. The maximum Gasteiger partial charge on any atom is 0.191 e. The third-order valence-corrected chi connectivity index (χ3v) is 3.11. The quantitative estimate of drug-likeness (QED) is 0.234. The second kappa shape index (κ2) is 13.8. The first-order valence-electron chi connectivity index (χ1n) is 7.86. The molecule has 0 aliphatic carbocycles. The summed E-state index contributed by atoms with van der Waals surface area (Å²) >= 11 is 0. The van der Waals surface area contributed by atoms with Gasteiger partial charge in [-0.05, 0) is 45.6 Å². The molecule has 22 heavy (non-hydrogen) atoms. The van der Waals surface area contributed by atoms with Crippen molar-refractivity contribution in [2.45, 2.75) is 40.0 Å². The molecule has 0 fully saturated rings. The minimum absolute atomic E-state index is 0. The van der Waals surface area contributed by atoms with E-state index in [-0.39, 0.29) is 24.0 Å². The Bertz CT molecular complexity index is 408. The Morgan fingerprint density at radius 2 is 2.14 bits per heavy atom. The molecular weight excluding hydrogens is 393 g/mol. The second-order valence-corrected chi connectivity index (χ2v) is 4.86.